The number of hydrogen-bond acceptors (Lipinski definition) is 24. The molecule has 758 valence electrons. The second kappa shape index (κ2) is 62.7. The number of carbonyl (C=O) groups is 5. The summed E-state index contributed by atoms with van der Waals surface area (Å²) < 4.78 is 182. The van der Waals surface area contributed by atoms with Gasteiger partial charge in [0.15, 0.2) is 0 Å². The van der Waals surface area contributed by atoms with Gasteiger partial charge in [0, 0.05) is 105 Å². The number of amides is 4. The van der Waals surface area contributed by atoms with E-state index in [0.717, 1.165) is 93.4 Å². The number of ether oxygens (including phenoxy) is 5. The van der Waals surface area contributed by atoms with Gasteiger partial charge in [-0.25, -0.2) is 24.9 Å². The van der Waals surface area contributed by atoms with Crippen LogP contribution in [-0.2, 0) is 92.3 Å². The summed E-state index contributed by atoms with van der Waals surface area (Å²) in [6.45, 7) is 0.919. The molecule has 10 N–H and O–H groups in total. The largest absolute Gasteiger partial charge is 1.00 e. The van der Waals surface area contributed by atoms with Crippen LogP contribution in [0.25, 0.3) is 0 Å². The molecule has 4 heterocycles. The smallest absolute Gasteiger partial charge is 1.00 e. The number of carbonyl (C=O) groups excluding carboxylic acids is 5. The number of phenols is 1. The normalized spacial score (nSPS) is 10.7. The third-order valence-electron chi connectivity index (χ3n) is 18.6. The zero-order valence-corrected chi connectivity index (χ0v) is 94.7. The summed E-state index contributed by atoms with van der Waals surface area (Å²) in [4.78, 5) is 91.0. The molecule has 0 atom stereocenters. The van der Waals surface area contributed by atoms with Gasteiger partial charge in [-0.3, -0.25) is 24.0 Å². The van der Waals surface area contributed by atoms with Crippen LogP contribution in [0.1, 0.15) is 82.7 Å². The second-order valence-electron chi connectivity index (χ2n) is 29.1. The van der Waals surface area contributed by atoms with Gasteiger partial charge in [-0.05, 0) is 234 Å². The first-order valence-electron chi connectivity index (χ1n) is 41.6. The van der Waals surface area contributed by atoms with Crippen molar-refractivity contribution in [2.24, 2.45) is 5.73 Å². The first kappa shape index (κ1) is 124. The summed E-state index contributed by atoms with van der Waals surface area (Å²) in [5.74, 6) is 2.89. The van der Waals surface area contributed by atoms with E-state index in [1.54, 1.807) is 124 Å². The van der Waals surface area contributed by atoms with Gasteiger partial charge >= 0.3 is 162 Å². The number of benzene rings is 10. The van der Waals surface area contributed by atoms with Crippen LogP contribution in [0.5, 0.6) is 52.1 Å². The van der Waals surface area contributed by atoms with Crippen molar-refractivity contribution >= 4 is 146 Å². The Labute approximate surface area is 980 Å². The summed E-state index contributed by atoms with van der Waals surface area (Å²) in [5, 5.41) is 29.6. The summed E-state index contributed by atoms with van der Waals surface area (Å²) in [6, 6.07) is 62.1. The number of nitrogens with zero attached hydrogens (tertiary/aromatic N) is 8. The Morgan fingerprint density at radius 2 is 0.699 bits per heavy atom. The average molecular weight is 2410 g/mol. The number of rotatable bonds is 29. The number of aromatic hydroxyl groups is 1. The Morgan fingerprint density at radius 3 is 1.01 bits per heavy atom. The fourth-order valence-corrected chi connectivity index (χ4v) is 13.2. The van der Waals surface area contributed by atoms with Gasteiger partial charge in [0.25, 0.3) is 6.47 Å². The molecular formula is C97H82Cl7Cs2F12N15O13. The predicted octanol–water partition coefficient (Wildman–Crippen LogP) is 18.5. The number of methoxy groups -OCH3 is 2. The molecule has 49 heteroatoms. The molecule has 14 rings (SSSR count). The van der Waals surface area contributed by atoms with Crippen LogP contribution in [-0.4, -0.2) is 89.3 Å². The van der Waals surface area contributed by atoms with Crippen molar-refractivity contribution in [2.75, 3.05) is 46.5 Å². The minimum atomic E-state index is -4.62. The number of alkyl halides is 12. The quantitative estimate of drug-likeness (QED) is 0.00539. The summed E-state index contributed by atoms with van der Waals surface area (Å²) in [6.07, 6.45) is -10.7. The fraction of sp³-hybridized carbons (Fsp3) is 0.165. The molecule has 0 spiro atoms. The Bertz CT molecular complexity index is 6400. The predicted molar refractivity (Wildman–Crippen MR) is 518 cm³/mol. The van der Waals surface area contributed by atoms with Gasteiger partial charge < -0.3 is 78.4 Å². The molecule has 0 radical (unpaired) electrons. The summed E-state index contributed by atoms with van der Waals surface area (Å²) >= 11 is 38.8. The molecule has 28 nitrogen and oxygen atoms in total. The third kappa shape index (κ3) is 46.1. The molecule has 0 saturated heterocycles. The van der Waals surface area contributed by atoms with Gasteiger partial charge in [-0.2, -0.15) is 67.6 Å². The van der Waals surface area contributed by atoms with E-state index >= 15 is 0 Å². The van der Waals surface area contributed by atoms with Crippen molar-refractivity contribution in [3.8, 4) is 52.1 Å². The maximum atomic E-state index is 13.1. The van der Waals surface area contributed by atoms with E-state index in [1.807, 2.05) is 54.6 Å². The van der Waals surface area contributed by atoms with Crippen molar-refractivity contribution in [1.29, 1.82) is 0 Å². The number of nitrogen functional groups attached to an aromatic ring is 1. The van der Waals surface area contributed by atoms with E-state index in [-0.39, 0.29) is 228 Å². The second-order valence-corrected chi connectivity index (χ2v) is 31.8. The number of aryl methyl sites for hydroxylation is 4. The molecule has 0 bridgehead atoms. The molecule has 0 unspecified atom stereocenters. The Kier molecular flexibility index (Phi) is 53.3. The van der Waals surface area contributed by atoms with Crippen molar-refractivity contribution in [2.45, 2.75) is 89.2 Å². The number of nitrogens with one attached hydrogen (secondary N) is 5. The van der Waals surface area contributed by atoms with Crippen LogP contribution in [0.2, 0.25) is 35.8 Å². The van der Waals surface area contributed by atoms with Gasteiger partial charge in [-0.1, -0.05) is 131 Å². The number of aromatic nitrogens is 8. The van der Waals surface area contributed by atoms with E-state index in [2.05, 4.69) is 71.3 Å². The maximum Gasteiger partial charge on any atom is 1.00 e. The minimum Gasteiger partial charge on any atom is -1.00 e. The number of anilines is 6. The Balaban J connectivity index is 0.000000322. The van der Waals surface area contributed by atoms with Crippen molar-refractivity contribution in [1.82, 2.24) is 39.9 Å². The van der Waals surface area contributed by atoms with E-state index in [1.165, 1.54) is 55.0 Å². The zero-order chi connectivity index (χ0) is 105. The number of nitrogens with two attached hydrogens (primary N) is 2. The van der Waals surface area contributed by atoms with Gasteiger partial charge in [-0.15, -0.1) is 0 Å². The first-order chi connectivity index (χ1) is 68.4. The monoisotopic (exact) mass is 2400 g/mol. The molecule has 0 aliphatic rings. The topological polar surface area (TPSA) is 399 Å². The maximum absolute atomic E-state index is 13.1. The first-order valence-corrected chi connectivity index (χ1v) is 44.3. The molecule has 0 aliphatic carbocycles. The molecule has 146 heavy (non-hydrogen) atoms. The molecule has 0 saturated carbocycles. The zero-order valence-electron chi connectivity index (χ0n) is 77.8. The minimum absolute atomic E-state index is 0. The average Bonchev–Trinajstić information content (AvgIpc) is 0.820. The number of hydrogen-bond donors (Lipinski definition) is 8. The molecular weight excluding hydrogens is 2330 g/mol. The Morgan fingerprint density at radius 1 is 0.384 bits per heavy atom. The van der Waals surface area contributed by atoms with Crippen LogP contribution in [0.4, 0.5) is 87.3 Å². The van der Waals surface area contributed by atoms with Gasteiger partial charge in [0.1, 0.15) is 39.7 Å². The van der Waals surface area contributed by atoms with Crippen LogP contribution in [0, 0.1) is 0 Å². The number of phenolic OH excluding ortho intramolecular Hbond substituents is 1. The van der Waals surface area contributed by atoms with Crippen molar-refractivity contribution in [3.05, 3.63) is 359 Å². The molecule has 0 aliphatic heterocycles. The van der Waals surface area contributed by atoms with Crippen LogP contribution < -0.4 is 205 Å². The molecule has 0 fully saturated rings. The van der Waals surface area contributed by atoms with Crippen LogP contribution in [0.15, 0.2) is 267 Å². The van der Waals surface area contributed by atoms with Crippen LogP contribution in [0.3, 0.4) is 0 Å². The third-order valence-corrected chi connectivity index (χ3v) is 20.5. The standard InChI is InChI=1S/C28H24ClF3N4O3.C20H14Cl2F3N3O2.C20H16ClF3N4O2.C16H13ClF3NO2.C8H11NO.C4H2Cl2N2.CH2O3.2Cs.H/c1-38-21-9-5-19(6-10-21)17-34-27-33-14-13-26(36-27)39-22-4-2-3-18(15-22)7-12-25(37)35-20-8-11-24(29)23(16-20)28(30,31)32;21-16-6-5-13(11-15(16)20(23,24)25)27-17(29)7-4-12-2-1-3-14(10-12)30-18-8-9-26-19(22)28-18;21-16-6-5-13(11-15(16)20(22,23)24)27-17(29)7-4-12-2-1-3-14(10-12)30-18-8-9-26-19(25)28-18;17-14-6-5-11(9-13(14)16(18,19)20)21-15(23)7-4-10-2-1-3-12(22)8-10;1-10-8-4-2-7(6-9)3-5-8;5-3-1-2-7-4(6)8-3;2-1-4-3;;;/h2-6,8-11,13-16H,7,12,17H2,1H3,(H,35,37)(H,33,34,36);1-3,5-6,8-11H,4,7H2,(H,27,29);1-3,5-6,8-11H,4,7H2,(H,27,29)(H2,25,26,28);1-3,5-6,8-9,22H,4,7H2,(H,21,23);2-5H,6,9H2,1H3;1-2H;1,3H;;;/q;;;;;;;2*+1;-1/p-1. The molecule has 4 amide bonds. The van der Waals surface area contributed by atoms with Gasteiger partial charge in [0.2, 0.25) is 63.7 Å². The fourth-order valence-electron chi connectivity index (χ4n) is 11.8. The number of halogens is 19. The van der Waals surface area contributed by atoms with Crippen molar-refractivity contribution in [3.63, 3.8) is 0 Å². The van der Waals surface area contributed by atoms with Crippen LogP contribution >= 0.6 is 81.2 Å². The molecule has 10 aromatic carbocycles. The molecule has 14 aromatic rings. The van der Waals surface area contributed by atoms with E-state index in [0.29, 0.717) is 73.0 Å². The van der Waals surface area contributed by atoms with E-state index < -0.39 is 90.7 Å². The summed E-state index contributed by atoms with van der Waals surface area (Å²) in [7, 11) is 3.26. The Hall–Kier alpha value is -10.5. The van der Waals surface area contributed by atoms with Gasteiger partial charge in [0.05, 0.1) is 56.6 Å². The summed E-state index contributed by atoms with van der Waals surface area (Å²) in [5.41, 5.74) is 12.3. The van der Waals surface area contributed by atoms with E-state index in [4.69, 9.17) is 126 Å². The molecule has 4 aromatic heterocycles. The van der Waals surface area contributed by atoms with Crippen molar-refractivity contribution < 1.29 is 255 Å². The SMILES string of the molecule is COc1ccc(CN)cc1.COc1ccc(CNc2nccc(Oc3cccc(CCC(=O)Nc4ccc(Cl)c(C(F)(F)F)c4)c3)n2)cc1.Clc1ccnc(Cl)n1.Nc1nccc(Oc2cccc(CCC(=O)Nc3ccc(Cl)c(C(F)(F)F)c3)c2)n1.O=C(CCc1cccc(O)c1)Nc1ccc(Cl)c(C(F)(F)F)c1.O=C(CCc1cccc(Oc2ccnc(Cl)n2)c1)Nc1ccc(Cl)c(C(F)(F)F)c1.O=CO[O-].[Cs+].[Cs+].[H-]. The van der Waals surface area contributed by atoms with E-state index in [9.17, 15) is 77.0 Å².